The van der Waals surface area contributed by atoms with Crippen molar-refractivity contribution in [2.24, 2.45) is 5.92 Å². The number of benzene rings is 1. The lowest BCUT2D eigenvalue weighted by Gasteiger charge is -2.17. The zero-order valence-corrected chi connectivity index (χ0v) is 8.50. The van der Waals surface area contributed by atoms with Crippen LogP contribution in [0.15, 0.2) is 18.2 Å². The molecule has 0 aliphatic carbocycles. The molecule has 0 saturated carbocycles. The third kappa shape index (κ3) is 2.52. The molecule has 0 fully saturated rings. The van der Waals surface area contributed by atoms with Crippen LogP contribution >= 0.6 is 0 Å². The Balaban J connectivity index is 3.22. The third-order valence-corrected chi connectivity index (χ3v) is 2.23. The van der Waals surface area contributed by atoms with E-state index in [0.29, 0.717) is 0 Å². The molecule has 15 heavy (non-hydrogen) atoms. The Hall–Kier alpha value is -1.45. The molecule has 0 heterocycles. The van der Waals surface area contributed by atoms with E-state index in [9.17, 15) is 13.6 Å². The van der Waals surface area contributed by atoms with E-state index in [0.717, 1.165) is 18.2 Å². The normalized spacial score (nSPS) is 12.9. The highest BCUT2D eigenvalue weighted by molar-refractivity contribution is 5.76. The van der Waals surface area contributed by atoms with Gasteiger partial charge in [0.25, 0.3) is 0 Å². The van der Waals surface area contributed by atoms with Gasteiger partial charge in [0.1, 0.15) is 11.6 Å². The predicted molar refractivity (Wildman–Crippen MR) is 51.6 cm³/mol. The average Bonchev–Trinajstić information content (AvgIpc) is 2.10. The molecule has 1 unspecified atom stereocenters. The molecule has 0 spiro atoms. The number of carboxylic acids is 1. The molecule has 1 aromatic rings. The predicted octanol–water partition coefficient (Wildman–Crippen LogP) is 2.79. The first kappa shape index (κ1) is 11.6. The quantitative estimate of drug-likeness (QED) is 0.840. The summed E-state index contributed by atoms with van der Waals surface area (Å²) < 4.78 is 26.2. The van der Waals surface area contributed by atoms with Crippen LogP contribution in [0.2, 0.25) is 0 Å². The Kier molecular flexibility index (Phi) is 3.39. The third-order valence-electron chi connectivity index (χ3n) is 2.23. The van der Waals surface area contributed by atoms with Crippen molar-refractivity contribution in [3.63, 3.8) is 0 Å². The Bertz CT molecular complexity index is 375. The number of carboxylic acid groups (broad SMARTS) is 1. The molecule has 0 aromatic heterocycles. The minimum atomic E-state index is -1.14. The SMILES string of the molecule is CC(C)C(C(=O)O)c1cc(F)ccc1F. The second-order valence-electron chi connectivity index (χ2n) is 3.73. The molecular weight excluding hydrogens is 202 g/mol. The zero-order chi connectivity index (χ0) is 11.6. The van der Waals surface area contributed by atoms with Crippen molar-refractivity contribution in [1.29, 1.82) is 0 Å². The first-order chi connectivity index (χ1) is 6.93. The fraction of sp³-hybridized carbons (Fsp3) is 0.364. The number of halogens is 2. The van der Waals surface area contributed by atoms with E-state index in [4.69, 9.17) is 5.11 Å². The highest BCUT2D eigenvalue weighted by Crippen LogP contribution is 2.27. The van der Waals surface area contributed by atoms with Crippen molar-refractivity contribution >= 4 is 5.97 Å². The van der Waals surface area contributed by atoms with Gasteiger partial charge in [0, 0.05) is 5.56 Å². The highest BCUT2D eigenvalue weighted by atomic mass is 19.1. The fourth-order valence-electron chi connectivity index (χ4n) is 1.53. The summed E-state index contributed by atoms with van der Waals surface area (Å²) in [5, 5.41) is 8.92. The average molecular weight is 214 g/mol. The van der Waals surface area contributed by atoms with Crippen molar-refractivity contribution in [3.8, 4) is 0 Å². The van der Waals surface area contributed by atoms with Gasteiger partial charge in [0.15, 0.2) is 0 Å². The Morgan fingerprint density at radius 1 is 1.33 bits per heavy atom. The van der Waals surface area contributed by atoms with E-state index in [1.54, 1.807) is 13.8 Å². The minimum Gasteiger partial charge on any atom is -0.481 e. The van der Waals surface area contributed by atoms with Crippen LogP contribution < -0.4 is 0 Å². The number of rotatable bonds is 3. The van der Waals surface area contributed by atoms with Gasteiger partial charge in [0.2, 0.25) is 0 Å². The van der Waals surface area contributed by atoms with Crippen molar-refractivity contribution in [3.05, 3.63) is 35.4 Å². The van der Waals surface area contributed by atoms with E-state index in [-0.39, 0.29) is 11.5 Å². The smallest absolute Gasteiger partial charge is 0.311 e. The molecule has 1 aromatic carbocycles. The minimum absolute atomic E-state index is 0.0995. The summed E-state index contributed by atoms with van der Waals surface area (Å²) in [5.41, 5.74) is -0.0995. The van der Waals surface area contributed by atoms with Crippen LogP contribution in [0.5, 0.6) is 0 Å². The van der Waals surface area contributed by atoms with Crippen LogP contribution in [0.4, 0.5) is 8.78 Å². The zero-order valence-electron chi connectivity index (χ0n) is 8.50. The first-order valence-corrected chi connectivity index (χ1v) is 4.61. The lowest BCUT2D eigenvalue weighted by atomic mass is 9.88. The van der Waals surface area contributed by atoms with Crippen LogP contribution in [0.25, 0.3) is 0 Å². The maximum Gasteiger partial charge on any atom is 0.311 e. The summed E-state index contributed by atoms with van der Waals surface area (Å²) in [5.74, 6) is -3.76. The molecule has 0 saturated heterocycles. The van der Waals surface area contributed by atoms with Crippen LogP contribution in [-0.2, 0) is 4.79 Å². The van der Waals surface area contributed by atoms with Crippen LogP contribution in [0, 0.1) is 17.6 Å². The van der Waals surface area contributed by atoms with E-state index >= 15 is 0 Å². The summed E-state index contributed by atoms with van der Waals surface area (Å²) >= 11 is 0. The maximum atomic E-state index is 13.3. The molecule has 1 atom stereocenters. The summed E-state index contributed by atoms with van der Waals surface area (Å²) in [7, 11) is 0. The summed E-state index contributed by atoms with van der Waals surface area (Å²) in [6.45, 7) is 3.31. The van der Waals surface area contributed by atoms with Crippen molar-refractivity contribution in [1.82, 2.24) is 0 Å². The lowest BCUT2D eigenvalue weighted by Crippen LogP contribution is -2.19. The molecule has 0 bridgehead atoms. The maximum absolute atomic E-state index is 13.3. The van der Waals surface area contributed by atoms with E-state index in [1.165, 1.54) is 0 Å². The van der Waals surface area contributed by atoms with Gasteiger partial charge in [0.05, 0.1) is 5.92 Å². The molecule has 82 valence electrons. The Labute approximate surface area is 86.5 Å². The fourth-order valence-corrected chi connectivity index (χ4v) is 1.53. The molecule has 2 nitrogen and oxygen atoms in total. The second-order valence-corrected chi connectivity index (χ2v) is 3.73. The Morgan fingerprint density at radius 2 is 1.93 bits per heavy atom. The van der Waals surface area contributed by atoms with Crippen LogP contribution in [0.3, 0.4) is 0 Å². The monoisotopic (exact) mass is 214 g/mol. The highest BCUT2D eigenvalue weighted by Gasteiger charge is 2.26. The number of hydrogen-bond donors (Lipinski definition) is 1. The van der Waals surface area contributed by atoms with Gasteiger partial charge < -0.3 is 5.11 Å². The summed E-state index contributed by atoms with van der Waals surface area (Å²) in [6, 6.07) is 2.86. The summed E-state index contributed by atoms with van der Waals surface area (Å²) in [6.07, 6.45) is 0. The lowest BCUT2D eigenvalue weighted by molar-refractivity contribution is -0.139. The molecule has 0 aliphatic rings. The largest absolute Gasteiger partial charge is 0.481 e. The number of hydrogen-bond acceptors (Lipinski definition) is 1. The second kappa shape index (κ2) is 4.38. The first-order valence-electron chi connectivity index (χ1n) is 4.61. The van der Waals surface area contributed by atoms with Crippen molar-refractivity contribution in [2.75, 3.05) is 0 Å². The number of aliphatic carboxylic acids is 1. The molecular formula is C11H12F2O2. The van der Waals surface area contributed by atoms with Gasteiger partial charge >= 0.3 is 5.97 Å². The van der Waals surface area contributed by atoms with E-state index < -0.39 is 23.5 Å². The van der Waals surface area contributed by atoms with E-state index in [2.05, 4.69) is 0 Å². The van der Waals surface area contributed by atoms with Gasteiger partial charge in [-0.3, -0.25) is 4.79 Å². The van der Waals surface area contributed by atoms with Crippen molar-refractivity contribution < 1.29 is 18.7 Å². The Morgan fingerprint density at radius 3 is 2.40 bits per heavy atom. The molecule has 0 aliphatic heterocycles. The van der Waals surface area contributed by atoms with Crippen LogP contribution in [-0.4, -0.2) is 11.1 Å². The van der Waals surface area contributed by atoms with Gasteiger partial charge in [-0.25, -0.2) is 8.78 Å². The van der Waals surface area contributed by atoms with Crippen LogP contribution in [0.1, 0.15) is 25.3 Å². The van der Waals surface area contributed by atoms with Gasteiger partial charge in [-0.05, 0) is 24.1 Å². The van der Waals surface area contributed by atoms with Gasteiger partial charge in [-0.2, -0.15) is 0 Å². The van der Waals surface area contributed by atoms with E-state index in [1.807, 2.05) is 0 Å². The molecule has 0 radical (unpaired) electrons. The molecule has 4 heteroatoms. The van der Waals surface area contributed by atoms with Gasteiger partial charge in [-0.15, -0.1) is 0 Å². The molecule has 0 amide bonds. The summed E-state index contributed by atoms with van der Waals surface area (Å²) in [4.78, 5) is 10.9. The van der Waals surface area contributed by atoms with Gasteiger partial charge in [-0.1, -0.05) is 13.8 Å². The molecule has 1 rings (SSSR count). The number of carbonyl (C=O) groups is 1. The topological polar surface area (TPSA) is 37.3 Å². The van der Waals surface area contributed by atoms with Crippen molar-refractivity contribution in [2.45, 2.75) is 19.8 Å². The standard InChI is InChI=1S/C11H12F2O2/c1-6(2)10(11(14)15)8-5-7(12)3-4-9(8)13/h3-6,10H,1-2H3,(H,14,15). The molecule has 1 N–H and O–H groups in total.